The zero-order chi connectivity index (χ0) is 7.83. The van der Waals surface area contributed by atoms with Gasteiger partial charge in [0.2, 0.25) is 10.0 Å². The summed E-state index contributed by atoms with van der Waals surface area (Å²) in [6, 6.07) is 0. The van der Waals surface area contributed by atoms with Gasteiger partial charge in [-0.2, -0.15) is 0 Å². The molecular weight excluding hydrogens is 150 g/mol. The molecule has 0 saturated heterocycles. The van der Waals surface area contributed by atoms with Crippen LogP contribution in [0.1, 0.15) is 26.2 Å². The summed E-state index contributed by atoms with van der Waals surface area (Å²) in [7, 11) is -3.23. The largest absolute Gasteiger partial charge is 0.229 e. The highest BCUT2D eigenvalue weighted by Crippen LogP contribution is 2.49. The Morgan fingerprint density at radius 1 is 1.50 bits per heavy atom. The standard InChI is InChI=1S/C6H13NO2S/c1-2-6(3-4-6)5-10(7,8)9/h2-5H2,1H3,(H2,7,8,9). The predicted octanol–water partition coefficient (Wildman–Crippen LogP) is 0.465. The Bertz CT molecular complexity index is 216. The Labute approximate surface area is 61.7 Å². The molecule has 1 fully saturated rings. The lowest BCUT2D eigenvalue weighted by atomic mass is 10.1. The summed E-state index contributed by atoms with van der Waals surface area (Å²) in [6.07, 6.45) is 2.99. The van der Waals surface area contributed by atoms with Gasteiger partial charge in [-0.15, -0.1) is 0 Å². The van der Waals surface area contributed by atoms with Gasteiger partial charge in [0.15, 0.2) is 0 Å². The number of nitrogens with two attached hydrogens (primary N) is 1. The molecule has 0 bridgehead atoms. The van der Waals surface area contributed by atoms with Crippen LogP contribution in [-0.2, 0) is 10.0 Å². The quantitative estimate of drug-likeness (QED) is 0.657. The number of primary sulfonamides is 1. The molecule has 1 saturated carbocycles. The lowest BCUT2D eigenvalue weighted by molar-refractivity contribution is 0.527. The molecule has 0 aliphatic heterocycles. The molecule has 4 heteroatoms. The third-order valence-corrected chi connectivity index (χ3v) is 3.23. The predicted molar refractivity (Wildman–Crippen MR) is 39.9 cm³/mol. The Morgan fingerprint density at radius 2 is 2.00 bits per heavy atom. The van der Waals surface area contributed by atoms with Crippen molar-refractivity contribution >= 4 is 10.0 Å². The highest BCUT2D eigenvalue weighted by atomic mass is 32.2. The van der Waals surface area contributed by atoms with Gasteiger partial charge in [-0.05, 0) is 24.7 Å². The SMILES string of the molecule is CCC1(CS(N)(=O)=O)CC1. The van der Waals surface area contributed by atoms with Crippen molar-refractivity contribution in [3.63, 3.8) is 0 Å². The zero-order valence-corrected chi connectivity index (χ0v) is 6.95. The van der Waals surface area contributed by atoms with Gasteiger partial charge in [-0.3, -0.25) is 0 Å². The second-order valence-electron chi connectivity index (χ2n) is 3.16. The first kappa shape index (κ1) is 8.01. The Hall–Kier alpha value is -0.0900. The van der Waals surface area contributed by atoms with Gasteiger partial charge in [0.1, 0.15) is 0 Å². The summed E-state index contributed by atoms with van der Waals surface area (Å²) in [4.78, 5) is 0. The molecular formula is C6H13NO2S. The van der Waals surface area contributed by atoms with E-state index in [1.807, 2.05) is 6.92 Å². The first-order valence-electron chi connectivity index (χ1n) is 3.48. The van der Waals surface area contributed by atoms with Crippen LogP contribution in [-0.4, -0.2) is 14.2 Å². The van der Waals surface area contributed by atoms with Gasteiger partial charge < -0.3 is 0 Å². The second-order valence-corrected chi connectivity index (χ2v) is 4.78. The summed E-state index contributed by atoms with van der Waals surface area (Å²) < 4.78 is 21.2. The molecule has 0 amide bonds. The van der Waals surface area contributed by atoms with Crippen LogP contribution in [0.4, 0.5) is 0 Å². The fraction of sp³-hybridized carbons (Fsp3) is 1.00. The third-order valence-electron chi connectivity index (χ3n) is 2.21. The smallest absolute Gasteiger partial charge is 0.209 e. The van der Waals surface area contributed by atoms with Crippen LogP contribution < -0.4 is 5.14 Å². The van der Waals surface area contributed by atoms with E-state index in [9.17, 15) is 8.42 Å². The molecule has 0 aromatic carbocycles. The van der Waals surface area contributed by atoms with Crippen molar-refractivity contribution in [3.8, 4) is 0 Å². The van der Waals surface area contributed by atoms with E-state index in [0.29, 0.717) is 0 Å². The van der Waals surface area contributed by atoms with Gasteiger partial charge in [0.25, 0.3) is 0 Å². The summed E-state index contributed by atoms with van der Waals surface area (Å²) >= 11 is 0. The van der Waals surface area contributed by atoms with Crippen molar-refractivity contribution in [3.05, 3.63) is 0 Å². The van der Waals surface area contributed by atoms with Crippen molar-refractivity contribution in [1.82, 2.24) is 0 Å². The van der Waals surface area contributed by atoms with Crippen LogP contribution in [0.15, 0.2) is 0 Å². The molecule has 0 heterocycles. The molecule has 1 aliphatic rings. The van der Waals surface area contributed by atoms with Crippen LogP contribution in [0, 0.1) is 5.41 Å². The number of rotatable bonds is 3. The molecule has 0 aromatic rings. The summed E-state index contributed by atoms with van der Waals surface area (Å²) in [5, 5.41) is 4.91. The summed E-state index contributed by atoms with van der Waals surface area (Å²) in [6.45, 7) is 2.01. The third kappa shape index (κ3) is 1.95. The molecule has 3 nitrogen and oxygen atoms in total. The van der Waals surface area contributed by atoms with E-state index in [0.717, 1.165) is 19.3 Å². The molecule has 0 unspecified atom stereocenters. The normalized spacial score (nSPS) is 22.6. The van der Waals surface area contributed by atoms with Crippen molar-refractivity contribution in [2.24, 2.45) is 10.6 Å². The molecule has 1 aliphatic carbocycles. The Kier molecular flexibility index (Phi) is 1.76. The Balaban J connectivity index is 2.54. The van der Waals surface area contributed by atoms with Gasteiger partial charge >= 0.3 is 0 Å². The maximum Gasteiger partial charge on any atom is 0.209 e. The van der Waals surface area contributed by atoms with Crippen molar-refractivity contribution < 1.29 is 8.42 Å². The summed E-state index contributed by atoms with van der Waals surface area (Å²) in [5.41, 5.74) is 0.0631. The maximum atomic E-state index is 10.6. The van der Waals surface area contributed by atoms with Gasteiger partial charge in [-0.25, -0.2) is 13.6 Å². The molecule has 0 atom stereocenters. The van der Waals surface area contributed by atoms with Crippen LogP contribution in [0.2, 0.25) is 0 Å². The molecule has 0 radical (unpaired) electrons. The van der Waals surface area contributed by atoms with E-state index in [2.05, 4.69) is 0 Å². The van der Waals surface area contributed by atoms with Crippen LogP contribution >= 0.6 is 0 Å². The Morgan fingerprint density at radius 3 is 2.10 bits per heavy atom. The lowest BCUT2D eigenvalue weighted by Gasteiger charge is -2.08. The zero-order valence-electron chi connectivity index (χ0n) is 6.13. The van der Waals surface area contributed by atoms with Crippen LogP contribution in [0.25, 0.3) is 0 Å². The monoisotopic (exact) mass is 163 g/mol. The molecule has 60 valence electrons. The van der Waals surface area contributed by atoms with E-state index in [1.54, 1.807) is 0 Å². The minimum Gasteiger partial charge on any atom is -0.229 e. The number of sulfonamides is 1. The number of hydrogen-bond acceptors (Lipinski definition) is 2. The van der Waals surface area contributed by atoms with Crippen molar-refractivity contribution in [1.29, 1.82) is 0 Å². The van der Waals surface area contributed by atoms with Gasteiger partial charge in [-0.1, -0.05) is 6.92 Å². The fourth-order valence-corrected chi connectivity index (χ4v) is 2.55. The van der Waals surface area contributed by atoms with Crippen molar-refractivity contribution in [2.75, 3.05) is 5.75 Å². The van der Waals surface area contributed by atoms with Crippen LogP contribution in [0.5, 0.6) is 0 Å². The summed E-state index contributed by atoms with van der Waals surface area (Å²) in [5.74, 6) is 0.177. The molecule has 2 N–H and O–H groups in total. The van der Waals surface area contributed by atoms with Crippen LogP contribution in [0.3, 0.4) is 0 Å². The lowest BCUT2D eigenvalue weighted by Crippen LogP contribution is -2.23. The fourth-order valence-electron chi connectivity index (χ4n) is 1.20. The van der Waals surface area contributed by atoms with Gasteiger partial charge in [0.05, 0.1) is 5.75 Å². The molecule has 1 rings (SSSR count). The van der Waals surface area contributed by atoms with E-state index < -0.39 is 10.0 Å². The van der Waals surface area contributed by atoms with E-state index >= 15 is 0 Å². The minimum atomic E-state index is -3.23. The highest BCUT2D eigenvalue weighted by molar-refractivity contribution is 7.89. The average molecular weight is 163 g/mol. The first-order valence-corrected chi connectivity index (χ1v) is 5.19. The molecule has 10 heavy (non-hydrogen) atoms. The van der Waals surface area contributed by atoms with Crippen molar-refractivity contribution in [2.45, 2.75) is 26.2 Å². The topological polar surface area (TPSA) is 60.2 Å². The maximum absolute atomic E-state index is 10.6. The second kappa shape index (κ2) is 2.20. The highest BCUT2D eigenvalue weighted by Gasteiger charge is 2.43. The average Bonchev–Trinajstić information content (AvgIpc) is 2.45. The van der Waals surface area contributed by atoms with Gasteiger partial charge in [0, 0.05) is 0 Å². The molecule has 0 aromatic heterocycles. The minimum absolute atomic E-state index is 0.0631. The number of hydrogen-bond donors (Lipinski definition) is 1. The van der Waals surface area contributed by atoms with E-state index in [1.165, 1.54) is 0 Å². The molecule has 0 spiro atoms. The first-order chi connectivity index (χ1) is 4.47. The van der Waals surface area contributed by atoms with E-state index in [-0.39, 0.29) is 11.2 Å². The van der Waals surface area contributed by atoms with E-state index in [4.69, 9.17) is 5.14 Å².